The standard InChI is InChI=1S/C14H20N2O4S/c1-9(10-3-4-10)16(12-5-6-12)14(17)11-7-13(20-8-11)21(18,19)15-2/h7-10,12,15H,3-6H2,1-2H3. The summed E-state index contributed by atoms with van der Waals surface area (Å²) in [5.41, 5.74) is 0.309. The summed E-state index contributed by atoms with van der Waals surface area (Å²) in [5.74, 6) is 0.458. The summed E-state index contributed by atoms with van der Waals surface area (Å²) in [6.07, 6.45) is 5.64. The quantitative estimate of drug-likeness (QED) is 0.865. The first kappa shape index (κ1) is 14.6. The molecule has 1 amide bonds. The lowest BCUT2D eigenvalue weighted by Crippen LogP contribution is -2.41. The SMILES string of the molecule is CNS(=O)(=O)c1cc(C(=O)N(C2CC2)C(C)C2CC2)co1. The molecule has 1 aromatic heterocycles. The van der Waals surface area contributed by atoms with Gasteiger partial charge in [-0.2, -0.15) is 0 Å². The van der Waals surface area contributed by atoms with Gasteiger partial charge < -0.3 is 9.32 Å². The van der Waals surface area contributed by atoms with Crippen LogP contribution in [0.1, 0.15) is 43.0 Å². The fourth-order valence-electron chi connectivity index (χ4n) is 2.66. The highest BCUT2D eigenvalue weighted by Gasteiger charge is 2.42. The van der Waals surface area contributed by atoms with E-state index >= 15 is 0 Å². The maximum Gasteiger partial charge on any atom is 0.273 e. The van der Waals surface area contributed by atoms with E-state index in [0.29, 0.717) is 17.5 Å². The molecule has 6 nitrogen and oxygen atoms in total. The Balaban J connectivity index is 1.83. The zero-order valence-electron chi connectivity index (χ0n) is 12.2. The van der Waals surface area contributed by atoms with Crippen LogP contribution in [0.2, 0.25) is 0 Å². The predicted molar refractivity (Wildman–Crippen MR) is 76.3 cm³/mol. The molecule has 0 spiro atoms. The summed E-state index contributed by atoms with van der Waals surface area (Å²) >= 11 is 0. The molecule has 2 saturated carbocycles. The van der Waals surface area contributed by atoms with E-state index in [4.69, 9.17) is 4.42 Å². The lowest BCUT2D eigenvalue weighted by atomic mass is 10.1. The summed E-state index contributed by atoms with van der Waals surface area (Å²) < 4.78 is 30.6. The molecule has 0 aromatic carbocycles. The van der Waals surface area contributed by atoms with E-state index in [1.54, 1.807) is 0 Å². The summed E-state index contributed by atoms with van der Waals surface area (Å²) in [4.78, 5) is 14.6. The summed E-state index contributed by atoms with van der Waals surface area (Å²) in [7, 11) is -2.34. The number of rotatable bonds is 6. The van der Waals surface area contributed by atoms with Crippen molar-refractivity contribution in [1.82, 2.24) is 9.62 Å². The van der Waals surface area contributed by atoms with Gasteiger partial charge in [0.1, 0.15) is 6.26 Å². The molecule has 1 unspecified atom stereocenters. The highest BCUT2D eigenvalue weighted by atomic mass is 32.2. The molecule has 2 fully saturated rings. The van der Waals surface area contributed by atoms with Crippen molar-refractivity contribution in [1.29, 1.82) is 0 Å². The Labute approximate surface area is 124 Å². The Morgan fingerprint density at radius 1 is 1.38 bits per heavy atom. The number of hydrogen-bond donors (Lipinski definition) is 1. The number of nitrogens with zero attached hydrogens (tertiary/aromatic N) is 1. The number of furan rings is 1. The van der Waals surface area contributed by atoms with E-state index in [1.165, 1.54) is 32.2 Å². The smallest absolute Gasteiger partial charge is 0.273 e. The van der Waals surface area contributed by atoms with Gasteiger partial charge in [0.15, 0.2) is 0 Å². The van der Waals surface area contributed by atoms with Gasteiger partial charge in [-0.05, 0) is 45.6 Å². The minimum Gasteiger partial charge on any atom is -0.451 e. The zero-order valence-corrected chi connectivity index (χ0v) is 13.0. The van der Waals surface area contributed by atoms with Crippen molar-refractivity contribution in [3.63, 3.8) is 0 Å². The van der Waals surface area contributed by atoms with Gasteiger partial charge in [0.05, 0.1) is 5.56 Å². The largest absolute Gasteiger partial charge is 0.451 e. The molecule has 3 rings (SSSR count). The van der Waals surface area contributed by atoms with Gasteiger partial charge in [0, 0.05) is 18.2 Å². The van der Waals surface area contributed by atoms with Crippen molar-refractivity contribution in [2.75, 3.05) is 7.05 Å². The fourth-order valence-corrected chi connectivity index (χ4v) is 3.32. The van der Waals surface area contributed by atoms with Crippen molar-refractivity contribution < 1.29 is 17.6 Å². The molecular formula is C14H20N2O4S. The minimum atomic E-state index is -3.65. The van der Waals surface area contributed by atoms with Crippen LogP contribution in [0.15, 0.2) is 21.8 Å². The molecule has 1 heterocycles. The number of hydrogen-bond acceptors (Lipinski definition) is 4. The second-order valence-corrected chi connectivity index (χ2v) is 7.70. The lowest BCUT2D eigenvalue weighted by Gasteiger charge is -2.29. The van der Waals surface area contributed by atoms with E-state index in [-0.39, 0.29) is 17.0 Å². The Kier molecular flexibility index (Phi) is 3.57. The van der Waals surface area contributed by atoms with Crippen molar-refractivity contribution in [2.45, 2.75) is 49.8 Å². The van der Waals surface area contributed by atoms with E-state index in [1.807, 2.05) is 4.90 Å². The van der Waals surface area contributed by atoms with Gasteiger partial charge in [-0.15, -0.1) is 0 Å². The predicted octanol–water partition coefficient (Wildman–Crippen LogP) is 1.59. The average Bonchev–Trinajstić information content (AvgIpc) is 3.37. The van der Waals surface area contributed by atoms with Gasteiger partial charge in [0.2, 0.25) is 5.09 Å². The van der Waals surface area contributed by atoms with Gasteiger partial charge in [0.25, 0.3) is 15.9 Å². The Hall–Kier alpha value is -1.34. The molecule has 21 heavy (non-hydrogen) atoms. The third kappa shape index (κ3) is 2.85. The van der Waals surface area contributed by atoms with Crippen LogP contribution in [0.5, 0.6) is 0 Å². The maximum absolute atomic E-state index is 12.7. The number of carbonyl (C=O) groups excluding carboxylic acids is 1. The first-order chi connectivity index (χ1) is 9.94. The van der Waals surface area contributed by atoms with Crippen LogP contribution in [0, 0.1) is 5.92 Å². The van der Waals surface area contributed by atoms with Crippen molar-refractivity contribution in [3.8, 4) is 0 Å². The van der Waals surface area contributed by atoms with Crippen LogP contribution in [-0.4, -0.2) is 38.4 Å². The van der Waals surface area contributed by atoms with Gasteiger partial charge in [-0.3, -0.25) is 4.79 Å². The maximum atomic E-state index is 12.7. The van der Waals surface area contributed by atoms with Crippen LogP contribution < -0.4 is 4.72 Å². The normalized spacial score (nSPS) is 20.3. The van der Waals surface area contributed by atoms with E-state index in [2.05, 4.69) is 11.6 Å². The lowest BCUT2D eigenvalue weighted by molar-refractivity contribution is 0.0653. The molecule has 1 atom stereocenters. The minimum absolute atomic E-state index is 0.127. The Morgan fingerprint density at radius 2 is 2.05 bits per heavy atom. The third-order valence-corrected chi connectivity index (χ3v) is 5.55. The molecular weight excluding hydrogens is 292 g/mol. The molecule has 1 N–H and O–H groups in total. The van der Waals surface area contributed by atoms with E-state index in [0.717, 1.165) is 12.8 Å². The summed E-state index contributed by atoms with van der Waals surface area (Å²) in [6, 6.07) is 1.82. The zero-order chi connectivity index (χ0) is 15.2. The number of carbonyl (C=O) groups is 1. The monoisotopic (exact) mass is 312 g/mol. The molecule has 0 saturated heterocycles. The van der Waals surface area contributed by atoms with Crippen LogP contribution >= 0.6 is 0 Å². The van der Waals surface area contributed by atoms with Crippen molar-refractivity contribution in [2.24, 2.45) is 5.92 Å². The molecule has 0 aliphatic heterocycles. The topological polar surface area (TPSA) is 79.6 Å². The molecule has 1 aromatic rings. The summed E-state index contributed by atoms with van der Waals surface area (Å²) in [5, 5.41) is -0.219. The number of nitrogens with one attached hydrogen (secondary N) is 1. The number of sulfonamides is 1. The van der Waals surface area contributed by atoms with Crippen LogP contribution in [0.25, 0.3) is 0 Å². The summed E-state index contributed by atoms with van der Waals surface area (Å²) in [6.45, 7) is 2.08. The van der Waals surface area contributed by atoms with Gasteiger partial charge >= 0.3 is 0 Å². The van der Waals surface area contributed by atoms with E-state index < -0.39 is 10.0 Å². The van der Waals surface area contributed by atoms with Crippen LogP contribution in [0.4, 0.5) is 0 Å². The highest BCUT2D eigenvalue weighted by Crippen LogP contribution is 2.40. The molecule has 7 heteroatoms. The molecule has 0 bridgehead atoms. The molecule has 2 aliphatic rings. The Morgan fingerprint density at radius 3 is 2.57 bits per heavy atom. The third-order valence-electron chi connectivity index (χ3n) is 4.27. The molecule has 0 radical (unpaired) electrons. The second-order valence-electron chi connectivity index (χ2n) is 5.88. The fraction of sp³-hybridized carbons (Fsp3) is 0.643. The van der Waals surface area contributed by atoms with Crippen LogP contribution in [-0.2, 0) is 10.0 Å². The first-order valence-electron chi connectivity index (χ1n) is 7.29. The van der Waals surface area contributed by atoms with Gasteiger partial charge in [-0.1, -0.05) is 0 Å². The van der Waals surface area contributed by atoms with Crippen molar-refractivity contribution in [3.05, 3.63) is 17.9 Å². The van der Waals surface area contributed by atoms with Gasteiger partial charge in [-0.25, -0.2) is 13.1 Å². The van der Waals surface area contributed by atoms with Crippen molar-refractivity contribution >= 4 is 15.9 Å². The second kappa shape index (κ2) is 5.14. The van der Waals surface area contributed by atoms with Crippen LogP contribution in [0.3, 0.4) is 0 Å². The molecule has 116 valence electrons. The Bertz CT molecular complexity index is 644. The van der Waals surface area contributed by atoms with E-state index in [9.17, 15) is 13.2 Å². The molecule has 2 aliphatic carbocycles. The number of amides is 1. The average molecular weight is 312 g/mol. The highest BCUT2D eigenvalue weighted by molar-refractivity contribution is 7.89. The first-order valence-corrected chi connectivity index (χ1v) is 8.77.